The number of benzene rings is 2. The van der Waals surface area contributed by atoms with Crippen LogP contribution in [0.2, 0.25) is 0 Å². The van der Waals surface area contributed by atoms with Gasteiger partial charge in [-0.3, -0.25) is 0 Å². The van der Waals surface area contributed by atoms with Gasteiger partial charge in [0.25, 0.3) is 0 Å². The van der Waals surface area contributed by atoms with Gasteiger partial charge in [-0.1, -0.05) is 24.3 Å². The first kappa shape index (κ1) is 12.8. The van der Waals surface area contributed by atoms with Gasteiger partial charge in [-0.2, -0.15) is 0 Å². The molecule has 0 spiro atoms. The summed E-state index contributed by atoms with van der Waals surface area (Å²) in [4.78, 5) is 13.2. The van der Waals surface area contributed by atoms with E-state index in [-0.39, 0.29) is 6.09 Å². The number of amides is 1. The predicted molar refractivity (Wildman–Crippen MR) is 77.1 cm³/mol. The Balaban J connectivity index is 1.84. The minimum Gasteiger partial charge on any atom is -0.497 e. The molecule has 104 valence electrons. The van der Waals surface area contributed by atoms with Crippen LogP contribution in [0.15, 0.2) is 36.4 Å². The van der Waals surface area contributed by atoms with Crippen LogP contribution in [0.4, 0.5) is 4.79 Å². The maximum atomic E-state index is 11.4. The molecule has 1 fully saturated rings. The molecule has 1 saturated heterocycles. The SMILES string of the molecule is COc1ccc2cccc(CCN3CCOC3=O)c2c1. The van der Waals surface area contributed by atoms with Crippen LogP contribution in [-0.4, -0.2) is 37.8 Å². The first-order valence-electron chi connectivity index (χ1n) is 6.75. The number of fused-ring (bicyclic) bond motifs is 1. The molecular formula is C16H17NO3. The summed E-state index contributed by atoms with van der Waals surface area (Å²) >= 11 is 0. The van der Waals surface area contributed by atoms with Gasteiger partial charge in [0, 0.05) is 6.54 Å². The van der Waals surface area contributed by atoms with E-state index in [0.717, 1.165) is 12.2 Å². The second-order valence-electron chi connectivity index (χ2n) is 4.86. The molecule has 20 heavy (non-hydrogen) atoms. The van der Waals surface area contributed by atoms with Crippen LogP contribution in [0.25, 0.3) is 10.8 Å². The van der Waals surface area contributed by atoms with Crippen molar-refractivity contribution in [2.45, 2.75) is 6.42 Å². The van der Waals surface area contributed by atoms with Crippen LogP contribution in [0.5, 0.6) is 5.75 Å². The summed E-state index contributed by atoms with van der Waals surface area (Å²) in [5.41, 5.74) is 1.22. The monoisotopic (exact) mass is 271 g/mol. The number of rotatable bonds is 4. The van der Waals surface area contributed by atoms with Gasteiger partial charge in [-0.25, -0.2) is 4.79 Å². The van der Waals surface area contributed by atoms with Crippen LogP contribution in [0.1, 0.15) is 5.56 Å². The molecule has 2 aromatic rings. The van der Waals surface area contributed by atoms with E-state index in [1.165, 1.54) is 16.3 Å². The molecule has 0 N–H and O–H groups in total. The Morgan fingerprint density at radius 1 is 1.30 bits per heavy atom. The average Bonchev–Trinajstić information content (AvgIpc) is 2.89. The zero-order valence-corrected chi connectivity index (χ0v) is 11.5. The summed E-state index contributed by atoms with van der Waals surface area (Å²) in [6, 6.07) is 12.3. The summed E-state index contributed by atoms with van der Waals surface area (Å²) in [6.07, 6.45) is 0.613. The fourth-order valence-corrected chi connectivity index (χ4v) is 2.55. The zero-order valence-electron chi connectivity index (χ0n) is 11.5. The Morgan fingerprint density at radius 2 is 2.20 bits per heavy atom. The van der Waals surface area contributed by atoms with Gasteiger partial charge in [0.05, 0.1) is 13.7 Å². The third kappa shape index (κ3) is 2.41. The van der Waals surface area contributed by atoms with E-state index in [2.05, 4.69) is 18.2 Å². The van der Waals surface area contributed by atoms with Gasteiger partial charge >= 0.3 is 6.09 Å². The first-order chi connectivity index (χ1) is 9.78. The highest BCUT2D eigenvalue weighted by atomic mass is 16.6. The lowest BCUT2D eigenvalue weighted by Gasteiger charge is -2.14. The van der Waals surface area contributed by atoms with E-state index in [0.29, 0.717) is 19.7 Å². The van der Waals surface area contributed by atoms with Gasteiger partial charge in [0.2, 0.25) is 0 Å². The Kier molecular flexibility index (Phi) is 3.46. The van der Waals surface area contributed by atoms with E-state index < -0.39 is 0 Å². The molecule has 3 rings (SSSR count). The number of methoxy groups -OCH3 is 1. The molecule has 0 radical (unpaired) electrons. The molecule has 0 atom stereocenters. The summed E-state index contributed by atoms with van der Waals surface area (Å²) in [5.74, 6) is 0.852. The highest BCUT2D eigenvalue weighted by Crippen LogP contribution is 2.24. The second-order valence-corrected chi connectivity index (χ2v) is 4.86. The van der Waals surface area contributed by atoms with E-state index in [1.54, 1.807) is 12.0 Å². The Bertz CT molecular complexity index is 639. The number of hydrogen-bond acceptors (Lipinski definition) is 3. The van der Waals surface area contributed by atoms with Crippen LogP contribution in [0, 0.1) is 0 Å². The second kappa shape index (κ2) is 5.41. The number of hydrogen-bond donors (Lipinski definition) is 0. The molecule has 0 unspecified atom stereocenters. The Morgan fingerprint density at radius 3 is 2.95 bits per heavy atom. The molecule has 0 aliphatic carbocycles. The molecule has 1 aliphatic heterocycles. The van der Waals surface area contributed by atoms with Crippen molar-refractivity contribution in [3.05, 3.63) is 42.0 Å². The van der Waals surface area contributed by atoms with Crippen molar-refractivity contribution >= 4 is 16.9 Å². The molecule has 0 saturated carbocycles. The van der Waals surface area contributed by atoms with Crippen molar-refractivity contribution in [1.82, 2.24) is 4.90 Å². The van der Waals surface area contributed by atoms with Crippen LogP contribution < -0.4 is 4.74 Å². The molecule has 1 amide bonds. The molecular weight excluding hydrogens is 254 g/mol. The Hall–Kier alpha value is -2.23. The normalized spacial score (nSPS) is 14.7. The molecule has 4 nitrogen and oxygen atoms in total. The molecule has 0 aromatic heterocycles. The topological polar surface area (TPSA) is 38.8 Å². The molecule has 1 aliphatic rings. The van der Waals surface area contributed by atoms with E-state index in [1.807, 2.05) is 18.2 Å². The van der Waals surface area contributed by atoms with E-state index in [4.69, 9.17) is 9.47 Å². The van der Waals surface area contributed by atoms with Crippen LogP contribution in [-0.2, 0) is 11.2 Å². The number of ether oxygens (including phenoxy) is 2. The average molecular weight is 271 g/mol. The van der Waals surface area contributed by atoms with E-state index in [9.17, 15) is 4.79 Å². The van der Waals surface area contributed by atoms with Gasteiger partial charge in [0.15, 0.2) is 0 Å². The maximum absolute atomic E-state index is 11.4. The first-order valence-corrected chi connectivity index (χ1v) is 6.75. The fourth-order valence-electron chi connectivity index (χ4n) is 2.55. The molecule has 1 heterocycles. The van der Waals surface area contributed by atoms with Gasteiger partial charge in [-0.05, 0) is 34.9 Å². The summed E-state index contributed by atoms with van der Waals surface area (Å²) in [6.45, 7) is 1.88. The highest BCUT2D eigenvalue weighted by Gasteiger charge is 2.21. The summed E-state index contributed by atoms with van der Waals surface area (Å²) < 4.78 is 10.2. The van der Waals surface area contributed by atoms with Crippen molar-refractivity contribution < 1.29 is 14.3 Å². The van der Waals surface area contributed by atoms with Crippen molar-refractivity contribution in [3.63, 3.8) is 0 Å². The molecule has 2 aromatic carbocycles. The largest absolute Gasteiger partial charge is 0.497 e. The number of carbonyl (C=O) groups is 1. The Labute approximate surface area is 117 Å². The van der Waals surface area contributed by atoms with Crippen molar-refractivity contribution in [3.8, 4) is 5.75 Å². The third-order valence-corrected chi connectivity index (χ3v) is 3.68. The smallest absolute Gasteiger partial charge is 0.409 e. The highest BCUT2D eigenvalue weighted by molar-refractivity contribution is 5.87. The number of carbonyl (C=O) groups excluding carboxylic acids is 1. The van der Waals surface area contributed by atoms with Gasteiger partial charge < -0.3 is 14.4 Å². The van der Waals surface area contributed by atoms with Crippen LogP contribution >= 0.6 is 0 Å². The summed E-state index contributed by atoms with van der Waals surface area (Å²) in [5, 5.41) is 2.37. The van der Waals surface area contributed by atoms with Gasteiger partial charge in [0.1, 0.15) is 12.4 Å². The minimum atomic E-state index is -0.206. The van der Waals surface area contributed by atoms with Crippen molar-refractivity contribution in [1.29, 1.82) is 0 Å². The van der Waals surface area contributed by atoms with Crippen molar-refractivity contribution in [2.24, 2.45) is 0 Å². The zero-order chi connectivity index (χ0) is 13.9. The minimum absolute atomic E-state index is 0.206. The standard InChI is InChI=1S/C16H17NO3/c1-19-14-6-5-12-3-2-4-13(15(12)11-14)7-8-17-9-10-20-16(17)18/h2-6,11H,7-10H2,1H3. The maximum Gasteiger partial charge on any atom is 0.409 e. The summed E-state index contributed by atoms with van der Waals surface area (Å²) in [7, 11) is 1.67. The predicted octanol–water partition coefficient (Wildman–Crippen LogP) is 2.84. The number of cyclic esters (lactones) is 1. The van der Waals surface area contributed by atoms with Gasteiger partial charge in [-0.15, -0.1) is 0 Å². The lowest BCUT2D eigenvalue weighted by Crippen LogP contribution is -2.26. The molecule has 4 heteroatoms. The number of nitrogens with zero attached hydrogens (tertiary/aromatic N) is 1. The molecule has 0 bridgehead atoms. The van der Waals surface area contributed by atoms with Crippen LogP contribution in [0.3, 0.4) is 0 Å². The van der Waals surface area contributed by atoms with Crippen molar-refractivity contribution in [2.75, 3.05) is 26.8 Å². The lowest BCUT2D eigenvalue weighted by atomic mass is 10.0. The van der Waals surface area contributed by atoms with E-state index >= 15 is 0 Å². The lowest BCUT2D eigenvalue weighted by molar-refractivity contribution is 0.159. The quantitative estimate of drug-likeness (QED) is 0.858. The third-order valence-electron chi connectivity index (χ3n) is 3.68. The fraction of sp³-hybridized carbons (Fsp3) is 0.312.